The molecule has 1 aromatic carbocycles. The van der Waals surface area contributed by atoms with E-state index in [-0.39, 0.29) is 17.5 Å². The van der Waals surface area contributed by atoms with Crippen LogP contribution in [0.1, 0.15) is 19.4 Å². The molecule has 0 saturated heterocycles. The minimum Gasteiger partial charge on any atom is -0.313 e. The largest absolute Gasteiger partial charge is 0.313 e. The van der Waals surface area contributed by atoms with Gasteiger partial charge in [0.05, 0.1) is 11.3 Å². The summed E-state index contributed by atoms with van der Waals surface area (Å²) in [6.45, 7) is 4.34. The Hall–Kier alpha value is -1.46. The van der Waals surface area contributed by atoms with Crippen molar-refractivity contribution in [3.05, 3.63) is 42.1 Å². The molecule has 114 valence electrons. The number of aromatic nitrogens is 1. The quantitative estimate of drug-likeness (QED) is 0.852. The van der Waals surface area contributed by atoms with Gasteiger partial charge in [-0.1, -0.05) is 31.2 Å². The van der Waals surface area contributed by atoms with E-state index in [1.807, 2.05) is 19.1 Å². The number of nitrogens with zero attached hydrogens (tertiary/aromatic N) is 1. The van der Waals surface area contributed by atoms with Gasteiger partial charge in [0.2, 0.25) is 0 Å². The third-order valence-corrected chi connectivity index (χ3v) is 5.43. The molecule has 4 nitrogen and oxygen atoms in total. The van der Waals surface area contributed by atoms with Crippen molar-refractivity contribution >= 4 is 20.7 Å². The lowest BCUT2D eigenvalue weighted by Crippen LogP contribution is -2.34. The van der Waals surface area contributed by atoms with Crippen molar-refractivity contribution in [1.82, 2.24) is 10.3 Å². The van der Waals surface area contributed by atoms with Gasteiger partial charge in [0.25, 0.3) is 0 Å². The maximum atomic E-state index is 11.6. The fourth-order valence-corrected chi connectivity index (χ4v) is 3.50. The van der Waals surface area contributed by atoms with Gasteiger partial charge in [-0.3, -0.25) is 4.98 Å². The molecule has 0 bridgehead atoms. The van der Waals surface area contributed by atoms with E-state index < -0.39 is 9.84 Å². The summed E-state index contributed by atoms with van der Waals surface area (Å²) in [5.41, 5.74) is 2.21. The molecule has 2 aromatic rings. The molecule has 1 heterocycles. The standard InChI is InChI=1S/C16H22N2O2S/c1-3-21(19,20)12-13(2)17-11-9-15-7-4-6-14-8-5-10-18-16(14)15/h4-8,10,13,17H,3,9,11-12H2,1-2H3. The molecule has 1 aromatic heterocycles. The molecular weight excluding hydrogens is 284 g/mol. The Labute approximate surface area is 126 Å². The topological polar surface area (TPSA) is 59.1 Å². The SMILES string of the molecule is CCS(=O)(=O)CC(C)NCCc1cccc2cccnc12. The molecule has 0 amide bonds. The fraction of sp³-hybridized carbons (Fsp3) is 0.438. The number of hydrogen-bond acceptors (Lipinski definition) is 4. The molecule has 0 aliphatic rings. The summed E-state index contributed by atoms with van der Waals surface area (Å²) in [7, 11) is -2.92. The molecule has 5 heteroatoms. The first-order valence-electron chi connectivity index (χ1n) is 7.28. The summed E-state index contributed by atoms with van der Waals surface area (Å²) in [5, 5.41) is 4.42. The van der Waals surface area contributed by atoms with Crippen LogP contribution in [0.3, 0.4) is 0 Å². The lowest BCUT2D eigenvalue weighted by Gasteiger charge is -2.14. The Morgan fingerprint density at radius 2 is 2.00 bits per heavy atom. The lowest BCUT2D eigenvalue weighted by atomic mass is 10.1. The van der Waals surface area contributed by atoms with Crippen LogP contribution in [0.25, 0.3) is 10.9 Å². The number of hydrogen-bond donors (Lipinski definition) is 1. The van der Waals surface area contributed by atoms with E-state index in [2.05, 4.69) is 28.5 Å². The van der Waals surface area contributed by atoms with Gasteiger partial charge in [0, 0.05) is 23.4 Å². The van der Waals surface area contributed by atoms with E-state index in [9.17, 15) is 8.42 Å². The van der Waals surface area contributed by atoms with Crippen LogP contribution in [0, 0.1) is 0 Å². The van der Waals surface area contributed by atoms with Crippen LogP contribution in [0.4, 0.5) is 0 Å². The molecule has 0 aliphatic carbocycles. The number of rotatable bonds is 7. The van der Waals surface area contributed by atoms with E-state index in [0.29, 0.717) is 0 Å². The van der Waals surface area contributed by atoms with E-state index in [4.69, 9.17) is 0 Å². The Morgan fingerprint density at radius 1 is 1.24 bits per heavy atom. The third kappa shape index (κ3) is 4.51. The second-order valence-electron chi connectivity index (χ2n) is 5.30. The van der Waals surface area contributed by atoms with Crippen LogP contribution in [-0.2, 0) is 16.3 Å². The van der Waals surface area contributed by atoms with Gasteiger partial charge >= 0.3 is 0 Å². The van der Waals surface area contributed by atoms with Gasteiger partial charge in [0.15, 0.2) is 9.84 Å². The third-order valence-electron chi connectivity index (χ3n) is 3.55. The predicted molar refractivity (Wildman–Crippen MR) is 87.2 cm³/mol. The minimum absolute atomic E-state index is 0.0297. The molecule has 0 fully saturated rings. The monoisotopic (exact) mass is 306 g/mol. The summed E-state index contributed by atoms with van der Waals surface area (Å²) >= 11 is 0. The highest BCUT2D eigenvalue weighted by Gasteiger charge is 2.13. The number of para-hydroxylation sites is 1. The summed E-state index contributed by atoms with van der Waals surface area (Å²) in [6, 6.07) is 10.1. The summed E-state index contributed by atoms with van der Waals surface area (Å²) in [6.07, 6.45) is 2.64. The average Bonchev–Trinajstić information content (AvgIpc) is 2.47. The first-order chi connectivity index (χ1) is 10.0. The summed E-state index contributed by atoms with van der Waals surface area (Å²) in [4.78, 5) is 4.43. The lowest BCUT2D eigenvalue weighted by molar-refractivity contribution is 0.559. The predicted octanol–water partition coefficient (Wildman–Crippen LogP) is 2.19. The highest BCUT2D eigenvalue weighted by atomic mass is 32.2. The van der Waals surface area contributed by atoms with Crippen molar-refractivity contribution in [3.63, 3.8) is 0 Å². The summed E-state index contributed by atoms with van der Waals surface area (Å²) < 4.78 is 23.1. The van der Waals surface area contributed by atoms with Crippen molar-refractivity contribution in [3.8, 4) is 0 Å². The first-order valence-corrected chi connectivity index (χ1v) is 9.10. The Kier molecular flexibility index (Phi) is 5.31. The van der Waals surface area contributed by atoms with Crippen molar-refractivity contribution in [2.75, 3.05) is 18.1 Å². The van der Waals surface area contributed by atoms with Gasteiger partial charge in [-0.2, -0.15) is 0 Å². The first kappa shape index (κ1) is 15.9. The Morgan fingerprint density at radius 3 is 2.76 bits per heavy atom. The maximum Gasteiger partial charge on any atom is 0.151 e. The number of pyridine rings is 1. The fourth-order valence-electron chi connectivity index (χ4n) is 2.38. The van der Waals surface area contributed by atoms with Crippen LogP contribution in [0.5, 0.6) is 0 Å². The smallest absolute Gasteiger partial charge is 0.151 e. The van der Waals surface area contributed by atoms with Gasteiger partial charge in [-0.05, 0) is 31.5 Å². The van der Waals surface area contributed by atoms with Crippen molar-refractivity contribution in [1.29, 1.82) is 0 Å². The van der Waals surface area contributed by atoms with Crippen LogP contribution in [-0.4, -0.2) is 37.5 Å². The highest BCUT2D eigenvalue weighted by Crippen LogP contribution is 2.16. The van der Waals surface area contributed by atoms with E-state index >= 15 is 0 Å². The molecule has 1 N–H and O–H groups in total. The normalized spacial score (nSPS) is 13.4. The minimum atomic E-state index is -2.92. The van der Waals surface area contributed by atoms with E-state index in [1.54, 1.807) is 13.1 Å². The second kappa shape index (κ2) is 7.00. The van der Waals surface area contributed by atoms with Crippen LogP contribution in [0.2, 0.25) is 0 Å². The van der Waals surface area contributed by atoms with Crippen molar-refractivity contribution < 1.29 is 8.42 Å². The Balaban J connectivity index is 1.94. The molecule has 0 aliphatic heterocycles. The van der Waals surface area contributed by atoms with Crippen LogP contribution >= 0.6 is 0 Å². The highest BCUT2D eigenvalue weighted by molar-refractivity contribution is 7.91. The molecule has 0 saturated carbocycles. The average molecular weight is 306 g/mol. The van der Waals surface area contributed by atoms with Crippen molar-refractivity contribution in [2.45, 2.75) is 26.3 Å². The van der Waals surface area contributed by atoms with E-state index in [0.717, 1.165) is 23.9 Å². The Bertz CT molecular complexity index is 693. The van der Waals surface area contributed by atoms with Gasteiger partial charge in [-0.15, -0.1) is 0 Å². The van der Waals surface area contributed by atoms with E-state index in [1.165, 1.54) is 5.56 Å². The maximum absolute atomic E-state index is 11.6. The van der Waals surface area contributed by atoms with Gasteiger partial charge in [0.1, 0.15) is 0 Å². The number of benzene rings is 1. The molecule has 0 radical (unpaired) electrons. The number of nitrogens with one attached hydrogen (secondary N) is 1. The van der Waals surface area contributed by atoms with Gasteiger partial charge < -0.3 is 5.32 Å². The van der Waals surface area contributed by atoms with Crippen LogP contribution in [0.15, 0.2) is 36.5 Å². The number of fused-ring (bicyclic) bond motifs is 1. The number of sulfone groups is 1. The molecule has 2 rings (SSSR count). The summed E-state index contributed by atoms with van der Waals surface area (Å²) in [5.74, 6) is 0.392. The molecular formula is C16H22N2O2S. The zero-order valence-corrected chi connectivity index (χ0v) is 13.4. The van der Waals surface area contributed by atoms with Gasteiger partial charge in [-0.25, -0.2) is 8.42 Å². The zero-order chi connectivity index (χ0) is 15.3. The second-order valence-corrected chi connectivity index (χ2v) is 7.69. The molecule has 0 spiro atoms. The molecule has 1 unspecified atom stereocenters. The van der Waals surface area contributed by atoms with Crippen molar-refractivity contribution in [2.24, 2.45) is 0 Å². The molecule has 21 heavy (non-hydrogen) atoms. The van der Waals surface area contributed by atoms with Crippen LogP contribution < -0.4 is 5.32 Å². The molecule has 1 atom stereocenters. The zero-order valence-electron chi connectivity index (χ0n) is 12.5.